The Morgan fingerprint density at radius 1 is 1.13 bits per heavy atom. The molecule has 3 rings (SSSR count). The van der Waals surface area contributed by atoms with E-state index in [-0.39, 0.29) is 12.5 Å². The fourth-order valence-corrected chi connectivity index (χ4v) is 4.76. The van der Waals surface area contributed by atoms with E-state index in [9.17, 15) is 30.3 Å². The summed E-state index contributed by atoms with van der Waals surface area (Å²) in [7, 11) is 3.22. The molecule has 1 saturated carbocycles. The van der Waals surface area contributed by atoms with Gasteiger partial charge in [-0.1, -0.05) is 31.4 Å². The van der Waals surface area contributed by atoms with Crippen LogP contribution >= 0.6 is 0 Å². The van der Waals surface area contributed by atoms with Crippen LogP contribution in [-0.4, -0.2) is 93.3 Å². The average molecular weight is 440 g/mol. The predicted molar refractivity (Wildman–Crippen MR) is 111 cm³/mol. The van der Waals surface area contributed by atoms with Crippen LogP contribution in [0.1, 0.15) is 43.6 Å². The van der Waals surface area contributed by atoms with Crippen molar-refractivity contribution >= 4 is 5.97 Å². The van der Waals surface area contributed by atoms with E-state index in [0.29, 0.717) is 18.6 Å². The lowest BCUT2D eigenvalue weighted by Crippen LogP contribution is -2.64. The Morgan fingerprint density at radius 3 is 2.29 bits per heavy atom. The summed E-state index contributed by atoms with van der Waals surface area (Å²) in [4.78, 5) is 13.0. The predicted octanol–water partition coefficient (Wildman–Crippen LogP) is 0.298. The fourth-order valence-electron chi connectivity index (χ4n) is 4.76. The molecule has 1 heterocycles. The number of aliphatic hydroxyl groups is 4. The standard InChI is InChI=1S/C22H33NO8/c1-23(20-18(26)16(24)17(25)19(31-20)21(27)28)12-15(22(29)10-4-3-5-11-22)13-6-8-14(30-2)9-7-13/h6-9,15-20,24-26,29H,3-5,10-12H2,1-2H3,(H,27,28). The van der Waals surface area contributed by atoms with Gasteiger partial charge in [-0.25, -0.2) is 4.79 Å². The van der Waals surface area contributed by atoms with Crippen molar-refractivity contribution in [1.29, 1.82) is 0 Å². The number of aliphatic hydroxyl groups excluding tert-OH is 3. The Hall–Kier alpha value is -1.75. The van der Waals surface area contributed by atoms with Gasteiger partial charge in [0.2, 0.25) is 0 Å². The van der Waals surface area contributed by atoms with E-state index in [1.165, 1.54) is 0 Å². The lowest BCUT2D eigenvalue weighted by atomic mass is 9.72. The molecule has 6 atom stereocenters. The second-order valence-corrected chi connectivity index (χ2v) is 8.69. The molecule has 0 spiro atoms. The molecule has 2 aliphatic rings. The van der Waals surface area contributed by atoms with Crippen LogP contribution in [0.5, 0.6) is 5.75 Å². The Bertz CT molecular complexity index is 736. The Balaban J connectivity index is 1.86. The molecule has 1 aliphatic carbocycles. The smallest absolute Gasteiger partial charge is 0.335 e. The molecular weight excluding hydrogens is 406 g/mol. The minimum absolute atomic E-state index is 0.250. The second-order valence-electron chi connectivity index (χ2n) is 8.69. The van der Waals surface area contributed by atoms with Gasteiger partial charge in [0.05, 0.1) is 12.7 Å². The molecule has 9 heteroatoms. The lowest BCUT2D eigenvalue weighted by molar-refractivity contribution is -0.258. The highest BCUT2D eigenvalue weighted by molar-refractivity contribution is 5.73. The molecule has 0 bridgehead atoms. The van der Waals surface area contributed by atoms with Crippen LogP contribution in [0.25, 0.3) is 0 Å². The van der Waals surface area contributed by atoms with Crippen molar-refractivity contribution in [3.8, 4) is 5.75 Å². The van der Waals surface area contributed by atoms with Gasteiger partial charge in [0, 0.05) is 12.5 Å². The first-order chi connectivity index (χ1) is 14.7. The van der Waals surface area contributed by atoms with Gasteiger partial charge in [-0.3, -0.25) is 4.90 Å². The maximum absolute atomic E-state index is 11.5. The topological polar surface area (TPSA) is 140 Å². The Labute approximate surface area is 181 Å². The molecule has 2 fully saturated rings. The summed E-state index contributed by atoms with van der Waals surface area (Å²) in [6.07, 6.45) is -3.61. The molecular formula is C22H33NO8. The molecule has 0 radical (unpaired) electrons. The van der Waals surface area contributed by atoms with Crippen LogP contribution in [-0.2, 0) is 9.53 Å². The minimum atomic E-state index is -1.74. The zero-order valence-corrected chi connectivity index (χ0v) is 17.9. The van der Waals surface area contributed by atoms with E-state index in [4.69, 9.17) is 9.47 Å². The Kier molecular flexibility index (Phi) is 7.56. The third kappa shape index (κ3) is 5.02. The third-order valence-electron chi connectivity index (χ3n) is 6.62. The quantitative estimate of drug-likeness (QED) is 0.406. The molecule has 1 aliphatic heterocycles. The van der Waals surface area contributed by atoms with Gasteiger partial charge in [0.15, 0.2) is 6.10 Å². The largest absolute Gasteiger partial charge is 0.497 e. The van der Waals surface area contributed by atoms with E-state index >= 15 is 0 Å². The van der Waals surface area contributed by atoms with Gasteiger partial charge >= 0.3 is 5.97 Å². The van der Waals surface area contributed by atoms with Crippen LogP contribution in [0, 0.1) is 0 Å². The summed E-state index contributed by atoms with van der Waals surface area (Å²) in [6, 6.07) is 7.42. The number of aliphatic carboxylic acids is 1. The summed E-state index contributed by atoms with van der Waals surface area (Å²) in [6.45, 7) is 0.250. The SMILES string of the molecule is COc1ccc(C(CN(C)C2OC(C(=O)O)C(O)C(O)C2O)C2(O)CCCCC2)cc1. The van der Waals surface area contributed by atoms with Crippen LogP contribution in [0.4, 0.5) is 0 Å². The van der Waals surface area contributed by atoms with E-state index in [1.807, 2.05) is 24.3 Å². The number of hydrogen-bond acceptors (Lipinski definition) is 8. The molecule has 31 heavy (non-hydrogen) atoms. The van der Waals surface area contributed by atoms with Crippen LogP contribution in [0.3, 0.4) is 0 Å². The third-order valence-corrected chi connectivity index (χ3v) is 6.62. The fraction of sp³-hybridized carbons (Fsp3) is 0.682. The number of carbonyl (C=O) groups is 1. The molecule has 9 nitrogen and oxygen atoms in total. The van der Waals surface area contributed by atoms with Gasteiger partial charge < -0.3 is 35.0 Å². The van der Waals surface area contributed by atoms with Crippen LogP contribution < -0.4 is 4.74 Å². The lowest BCUT2D eigenvalue weighted by Gasteiger charge is -2.46. The first-order valence-electron chi connectivity index (χ1n) is 10.7. The molecule has 1 aromatic carbocycles. The molecule has 174 valence electrons. The van der Waals surface area contributed by atoms with Crippen LogP contribution in [0.2, 0.25) is 0 Å². The highest BCUT2D eigenvalue weighted by atomic mass is 16.6. The van der Waals surface area contributed by atoms with Crippen molar-refractivity contribution in [2.45, 2.75) is 74.3 Å². The first-order valence-corrected chi connectivity index (χ1v) is 10.7. The number of hydrogen-bond donors (Lipinski definition) is 5. The second kappa shape index (κ2) is 9.81. The van der Waals surface area contributed by atoms with Gasteiger partial charge in [-0.05, 0) is 37.6 Å². The zero-order chi connectivity index (χ0) is 22.8. The van der Waals surface area contributed by atoms with E-state index in [2.05, 4.69) is 0 Å². The van der Waals surface area contributed by atoms with Crippen molar-refractivity contribution in [2.75, 3.05) is 20.7 Å². The molecule has 1 aromatic rings. The average Bonchev–Trinajstić information content (AvgIpc) is 2.76. The maximum atomic E-state index is 11.5. The zero-order valence-electron chi connectivity index (χ0n) is 17.9. The number of rotatable bonds is 7. The van der Waals surface area contributed by atoms with Crippen molar-refractivity contribution in [3.05, 3.63) is 29.8 Å². The number of carboxylic acids is 1. The maximum Gasteiger partial charge on any atom is 0.335 e. The van der Waals surface area contributed by atoms with Gasteiger partial charge in [0.1, 0.15) is 30.3 Å². The van der Waals surface area contributed by atoms with E-state index in [0.717, 1.165) is 24.8 Å². The minimum Gasteiger partial charge on any atom is -0.497 e. The normalized spacial score (nSPS) is 31.9. The number of methoxy groups -OCH3 is 1. The van der Waals surface area contributed by atoms with Gasteiger partial charge in [-0.2, -0.15) is 0 Å². The Morgan fingerprint density at radius 2 is 1.74 bits per heavy atom. The highest BCUT2D eigenvalue weighted by Gasteiger charge is 2.49. The first kappa shape index (κ1) is 23.9. The molecule has 0 aromatic heterocycles. The van der Waals surface area contributed by atoms with Gasteiger partial charge in [0.25, 0.3) is 0 Å². The summed E-state index contributed by atoms with van der Waals surface area (Å²) in [5, 5.41) is 51.4. The molecule has 6 unspecified atom stereocenters. The highest BCUT2D eigenvalue weighted by Crippen LogP contribution is 2.41. The number of benzene rings is 1. The summed E-state index contributed by atoms with van der Waals surface area (Å²) < 4.78 is 10.7. The van der Waals surface area contributed by atoms with E-state index < -0.39 is 42.2 Å². The molecule has 5 N–H and O–H groups in total. The van der Waals surface area contributed by atoms with Crippen LogP contribution in [0.15, 0.2) is 24.3 Å². The number of carboxylic acid groups (broad SMARTS) is 1. The molecule has 1 saturated heterocycles. The van der Waals surface area contributed by atoms with Crippen molar-refractivity contribution < 1.29 is 39.8 Å². The number of ether oxygens (including phenoxy) is 2. The van der Waals surface area contributed by atoms with Crippen molar-refractivity contribution in [3.63, 3.8) is 0 Å². The number of nitrogens with zero attached hydrogens (tertiary/aromatic N) is 1. The molecule has 0 amide bonds. The summed E-state index contributed by atoms with van der Waals surface area (Å²) in [5.74, 6) is -1.07. The van der Waals surface area contributed by atoms with Crippen molar-refractivity contribution in [1.82, 2.24) is 4.90 Å². The number of likely N-dealkylation sites (N-methyl/N-ethyl adjacent to an activating group) is 1. The van der Waals surface area contributed by atoms with Crippen molar-refractivity contribution in [2.24, 2.45) is 0 Å². The summed E-state index contributed by atoms with van der Waals surface area (Å²) >= 11 is 0. The summed E-state index contributed by atoms with van der Waals surface area (Å²) in [5.41, 5.74) is -0.0804. The monoisotopic (exact) mass is 439 g/mol. The van der Waals surface area contributed by atoms with E-state index in [1.54, 1.807) is 19.1 Å². The van der Waals surface area contributed by atoms with Gasteiger partial charge in [-0.15, -0.1) is 0 Å².